The number of benzene rings is 1. The minimum absolute atomic E-state index is 0.0986. The first kappa shape index (κ1) is 13.6. The molecule has 0 atom stereocenters. The largest absolute Gasteiger partial charge is 0.366 e. The van der Waals surface area contributed by atoms with Crippen LogP contribution in [0.25, 0.3) is 0 Å². The average Bonchev–Trinajstić information content (AvgIpc) is 2.45. The first-order valence-corrected chi connectivity index (χ1v) is 6.14. The molecule has 2 rings (SSSR count). The maximum absolute atomic E-state index is 11.0. The summed E-state index contributed by atoms with van der Waals surface area (Å²) in [6.45, 7) is 2.04. The summed E-state index contributed by atoms with van der Waals surface area (Å²) >= 11 is 0. The first-order chi connectivity index (χ1) is 9.67. The van der Waals surface area contributed by atoms with E-state index in [9.17, 15) is 4.79 Å². The predicted octanol–water partition coefficient (Wildman–Crippen LogP) is 2.52. The van der Waals surface area contributed by atoms with Gasteiger partial charge in [-0.25, -0.2) is 4.98 Å². The van der Waals surface area contributed by atoms with Gasteiger partial charge in [0.15, 0.2) is 0 Å². The molecule has 0 unspecified atom stereocenters. The standard InChI is InChI=1S/C15H14N4O/c1-11(20)19-14-4-2-3-13(7-14)10-18-15-8-12(9-16)5-6-17-15/h2-8H,10H2,1H3,(H,17,18)(H,19,20). The Bertz CT molecular complexity index is 661. The second kappa shape index (κ2) is 6.34. The number of nitriles is 1. The van der Waals surface area contributed by atoms with Gasteiger partial charge in [0.25, 0.3) is 0 Å². The van der Waals surface area contributed by atoms with Crippen molar-refractivity contribution in [3.05, 3.63) is 53.7 Å². The molecule has 1 heterocycles. The van der Waals surface area contributed by atoms with E-state index >= 15 is 0 Å². The Labute approximate surface area is 117 Å². The van der Waals surface area contributed by atoms with E-state index in [0.29, 0.717) is 17.9 Å². The topological polar surface area (TPSA) is 77.8 Å². The predicted molar refractivity (Wildman–Crippen MR) is 77.0 cm³/mol. The average molecular weight is 266 g/mol. The normalized spacial score (nSPS) is 9.60. The summed E-state index contributed by atoms with van der Waals surface area (Å²) in [6.07, 6.45) is 1.59. The van der Waals surface area contributed by atoms with Gasteiger partial charge in [0.1, 0.15) is 5.82 Å². The minimum Gasteiger partial charge on any atom is -0.366 e. The quantitative estimate of drug-likeness (QED) is 0.891. The van der Waals surface area contributed by atoms with Crippen molar-refractivity contribution in [1.82, 2.24) is 4.98 Å². The lowest BCUT2D eigenvalue weighted by Gasteiger charge is -2.08. The Morgan fingerprint density at radius 2 is 2.20 bits per heavy atom. The lowest BCUT2D eigenvalue weighted by atomic mass is 10.2. The number of carbonyl (C=O) groups excluding carboxylic acids is 1. The molecular formula is C15H14N4O. The van der Waals surface area contributed by atoms with Crippen molar-refractivity contribution in [2.45, 2.75) is 13.5 Å². The Morgan fingerprint density at radius 1 is 1.35 bits per heavy atom. The molecule has 1 amide bonds. The zero-order valence-electron chi connectivity index (χ0n) is 11.1. The van der Waals surface area contributed by atoms with Crippen LogP contribution in [0.15, 0.2) is 42.6 Å². The molecule has 1 aromatic heterocycles. The van der Waals surface area contributed by atoms with Gasteiger partial charge in [0.2, 0.25) is 5.91 Å². The first-order valence-electron chi connectivity index (χ1n) is 6.14. The number of pyridine rings is 1. The number of carbonyl (C=O) groups is 1. The van der Waals surface area contributed by atoms with Crippen LogP contribution < -0.4 is 10.6 Å². The molecule has 0 radical (unpaired) electrons. The van der Waals surface area contributed by atoms with Gasteiger partial charge in [0.05, 0.1) is 11.6 Å². The molecule has 0 aliphatic rings. The van der Waals surface area contributed by atoms with Crippen LogP contribution in [0.5, 0.6) is 0 Å². The van der Waals surface area contributed by atoms with Gasteiger partial charge < -0.3 is 10.6 Å². The molecule has 100 valence electrons. The van der Waals surface area contributed by atoms with E-state index in [0.717, 1.165) is 11.3 Å². The molecule has 0 saturated heterocycles. The number of anilines is 2. The second-order valence-electron chi connectivity index (χ2n) is 4.28. The van der Waals surface area contributed by atoms with Crippen molar-refractivity contribution < 1.29 is 4.79 Å². The molecule has 2 aromatic rings. The van der Waals surface area contributed by atoms with Gasteiger partial charge in [-0.15, -0.1) is 0 Å². The monoisotopic (exact) mass is 266 g/mol. The van der Waals surface area contributed by atoms with E-state index in [4.69, 9.17) is 5.26 Å². The molecule has 20 heavy (non-hydrogen) atoms. The lowest BCUT2D eigenvalue weighted by Crippen LogP contribution is -2.07. The maximum atomic E-state index is 11.0. The fourth-order valence-electron chi connectivity index (χ4n) is 1.75. The van der Waals surface area contributed by atoms with E-state index in [-0.39, 0.29) is 5.91 Å². The number of aromatic nitrogens is 1. The van der Waals surface area contributed by atoms with Crippen molar-refractivity contribution in [2.75, 3.05) is 10.6 Å². The molecule has 2 N–H and O–H groups in total. The summed E-state index contributed by atoms with van der Waals surface area (Å²) in [6, 6.07) is 13.0. The zero-order valence-corrected chi connectivity index (χ0v) is 11.1. The molecule has 0 aliphatic heterocycles. The minimum atomic E-state index is -0.0986. The number of amides is 1. The van der Waals surface area contributed by atoms with Crippen molar-refractivity contribution in [1.29, 1.82) is 5.26 Å². The van der Waals surface area contributed by atoms with Crippen LogP contribution in [0.2, 0.25) is 0 Å². The Morgan fingerprint density at radius 3 is 2.95 bits per heavy atom. The fourth-order valence-corrected chi connectivity index (χ4v) is 1.75. The van der Waals surface area contributed by atoms with Gasteiger partial charge in [0, 0.05) is 25.4 Å². The highest BCUT2D eigenvalue weighted by molar-refractivity contribution is 5.88. The summed E-state index contributed by atoms with van der Waals surface area (Å²) in [5.41, 5.74) is 2.34. The summed E-state index contributed by atoms with van der Waals surface area (Å²) in [5.74, 6) is 0.549. The molecule has 0 aliphatic carbocycles. The Hall–Kier alpha value is -2.87. The van der Waals surface area contributed by atoms with Crippen LogP contribution >= 0.6 is 0 Å². The van der Waals surface area contributed by atoms with Gasteiger partial charge in [-0.3, -0.25) is 4.79 Å². The number of rotatable bonds is 4. The molecule has 5 nitrogen and oxygen atoms in total. The van der Waals surface area contributed by atoms with E-state index in [1.54, 1.807) is 18.3 Å². The summed E-state index contributed by atoms with van der Waals surface area (Å²) < 4.78 is 0. The highest BCUT2D eigenvalue weighted by atomic mass is 16.1. The summed E-state index contributed by atoms with van der Waals surface area (Å²) in [7, 11) is 0. The van der Waals surface area contributed by atoms with E-state index in [2.05, 4.69) is 21.7 Å². The van der Waals surface area contributed by atoms with Crippen LogP contribution in [0, 0.1) is 11.3 Å². The molecule has 0 bridgehead atoms. The molecular weight excluding hydrogens is 252 g/mol. The molecule has 0 saturated carbocycles. The van der Waals surface area contributed by atoms with Crippen molar-refractivity contribution in [2.24, 2.45) is 0 Å². The second-order valence-corrected chi connectivity index (χ2v) is 4.28. The highest BCUT2D eigenvalue weighted by Gasteiger charge is 2.00. The fraction of sp³-hybridized carbons (Fsp3) is 0.133. The third kappa shape index (κ3) is 3.82. The van der Waals surface area contributed by atoms with Crippen LogP contribution in [0.3, 0.4) is 0 Å². The molecule has 5 heteroatoms. The number of nitrogens with one attached hydrogen (secondary N) is 2. The summed E-state index contributed by atoms with van der Waals surface area (Å²) in [4.78, 5) is 15.1. The van der Waals surface area contributed by atoms with Crippen LogP contribution in [-0.2, 0) is 11.3 Å². The van der Waals surface area contributed by atoms with Gasteiger partial charge in [-0.2, -0.15) is 5.26 Å². The van der Waals surface area contributed by atoms with Crippen LogP contribution in [-0.4, -0.2) is 10.9 Å². The maximum Gasteiger partial charge on any atom is 0.221 e. The van der Waals surface area contributed by atoms with Crippen molar-refractivity contribution in [3.63, 3.8) is 0 Å². The van der Waals surface area contributed by atoms with Crippen LogP contribution in [0.4, 0.5) is 11.5 Å². The molecule has 1 aromatic carbocycles. The van der Waals surface area contributed by atoms with E-state index in [1.165, 1.54) is 6.92 Å². The SMILES string of the molecule is CC(=O)Nc1cccc(CNc2cc(C#N)ccn2)c1. The molecule has 0 spiro atoms. The number of hydrogen-bond acceptors (Lipinski definition) is 4. The highest BCUT2D eigenvalue weighted by Crippen LogP contribution is 2.13. The van der Waals surface area contributed by atoms with Crippen LogP contribution in [0.1, 0.15) is 18.1 Å². The van der Waals surface area contributed by atoms with Crippen molar-refractivity contribution in [3.8, 4) is 6.07 Å². The van der Waals surface area contributed by atoms with Gasteiger partial charge >= 0.3 is 0 Å². The zero-order chi connectivity index (χ0) is 14.4. The van der Waals surface area contributed by atoms with Gasteiger partial charge in [-0.1, -0.05) is 12.1 Å². The van der Waals surface area contributed by atoms with Crippen molar-refractivity contribution >= 4 is 17.4 Å². The number of hydrogen-bond donors (Lipinski definition) is 2. The Balaban J connectivity index is 2.03. The Kier molecular flexibility index (Phi) is 4.30. The third-order valence-electron chi connectivity index (χ3n) is 2.61. The van der Waals surface area contributed by atoms with E-state index < -0.39 is 0 Å². The summed E-state index contributed by atoms with van der Waals surface area (Å²) in [5, 5.41) is 14.7. The smallest absolute Gasteiger partial charge is 0.221 e. The number of nitrogens with zero attached hydrogens (tertiary/aromatic N) is 2. The van der Waals surface area contributed by atoms with E-state index in [1.807, 2.05) is 24.3 Å². The molecule has 0 fully saturated rings. The third-order valence-corrected chi connectivity index (χ3v) is 2.61. The lowest BCUT2D eigenvalue weighted by molar-refractivity contribution is -0.114. The van der Waals surface area contributed by atoms with Gasteiger partial charge in [-0.05, 0) is 29.8 Å².